The third-order valence-corrected chi connectivity index (χ3v) is 2.88. The van der Waals surface area contributed by atoms with Crippen LogP contribution in [0, 0.1) is 11.3 Å². The van der Waals surface area contributed by atoms with Crippen LogP contribution in [-0.4, -0.2) is 33.6 Å². The molecule has 1 aromatic heterocycles. The molecule has 1 amide bonds. The number of nitriles is 1. The van der Waals surface area contributed by atoms with Crippen molar-refractivity contribution in [2.75, 3.05) is 17.7 Å². The van der Waals surface area contributed by atoms with Gasteiger partial charge < -0.3 is 15.4 Å². The number of nitrogens with one attached hydrogen (secondary N) is 3. The molecular formula is C14H15N7O2. The summed E-state index contributed by atoms with van der Waals surface area (Å²) in [5.74, 6) is 0.605. The average Bonchev–Trinajstić information content (AvgIpc) is 3.10. The normalized spacial score (nSPS) is 10.7. The lowest BCUT2D eigenvalue weighted by Crippen LogP contribution is -2.10. The number of hydrogen-bond donors (Lipinski definition) is 3. The number of amides is 1. The molecule has 23 heavy (non-hydrogen) atoms. The van der Waals surface area contributed by atoms with Crippen molar-refractivity contribution in [1.29, 1.82) is 5.26 Å². The van der Waals surface area contributed by atoms with E-state index in [4.69, 9.17) is 10.00 Å². The number of H-pyrrole nitrogens is 1. The Hall–Kier alpha value is -3.41. The second-order valence-corrected chi connectivity index (χ2v) is 4.37. The average molecular weight is 313 g/mol. The van der Waals surface area contributed by atoms with Crippen molar-refractivity contribution in [2.24, 2.45) is 0 Å². The fraction of sp³-hybridized carbons (Fsp3) is 0.214. The Kier molecular flexibility index (Phi) is 5.25. The van der Waals surface area contributed by atoms with Gasteiger partial charge in [0.05, 0.1) is 12.8 Å². The number of anilines is 2. The highest BCUT2D eigenvalue weighted by molar-refractivity contribution is 5.92. The molecular weight excluding hydrogens is 298 g/mol. The van der Waals surface area contributed by atoms with E-state index >= 15 is 0 Å². The van der Waals surface area contributed by atoms with Crippen LogP contribution in [0.5, 0.6) is 5.75 Å². The van der Waals surface area contributed by atoms with Gasteiger partial charge in [-0.2, -0.15) is 10.5 Å². The van der Waals surface area contributed by atoms with Gasteiger partial charge in [0.1, 0.15) is 17.4 Å². The van der Waals surface area contributed by atoms with Gasteiger partial charge in [-0.3, -0.25) is 4.79 Å². The van der Waals surface area contributed by atoms with Crippen molar-refractivity contribution in [3.63, 3.8) is 0 Å². The van der Waals surface area contributed by atoms with Crippen LogP contribution in [0.1, 0.15) is 19.2 Å². The summed E-state index contributed by atoms with van der Waals surface area (Å²) in [6, 6.07) is 7.14. The Balaban J connectivity index is 2.21. The lowest BCUT2D eigenvalue weighted by Gasteiger charge is -2.11. The monoisotopic (exact) mass is 313 g/mol. The van der Waals surface area contributed by atoms with E-state index < -0.39 is 0 Å². The number of ether oxygens (including phenoxy) is 1. The highest BCUT2D eigenvalue weighted by Gasteiger charge is 2.08. The molecule has 2 rings (SSSR count). The highest BCUT2D eigenvalue weighted by Crippen LogP contribution is 2.28. The molecule has 0 radical (unpaired) electrons. The lowest BCUT2D eigenvalue weighted by molar-refractivity contribution is -0.115. The number of aromatic amines is 1. The number of carbonyl (C=O) groups is 1. The Morgan fingerprint density at radius 3 is 2.96 bits per heavy atom. The number of nitrogens with zero attached hydrogens (tertiary/aromatic N) is 4. The zero-order valence-corrected chi connectivity index (χ0v) is 12.6. The van der Waals surface area contributed by atoms with Crippen molar-refractivity contribution in [2.45, 2.75) is 13.3 Å². The summed E-state index contributed by atoms with van der Waals surface area (Å²) in [6.07, 6.45) is 1.81. The number of carbonyl (C=O) groups excluding carboxylic acids is 1. The minimum Gasteiger partial charge on any atom is -0.495 e. The Bertz CT molecular complexity index is 747. The molecule has 118 valence electrons. The second kappa shape index (κ2) is 7.56. The zero-order valence-electron chi connectivity index (χ0n) is 12.6. The summed E-state index contributed by atoms with van der Waals surface area (Å²) in [7, 11) is 1.52. The van der Waals surface area contributed by atoms with Gasteiger partial charge in [0.15, 0.2) is 0 Å². The Morgan fingerprint density at radius 1 is 1.52 bits per heavy atom. The third-order valence-electron chi connectivity index (χ3n) is 2.88. The number of benzene rings is 1. The molecule has 2 aromatic rings. The summed E-state index contributed by atoms with van der Waals surface area (Å²) in [5.41, 5.74) is 1.41. The molecule has 0 spiro atoms. The summed E-state index contributed by atoms with van der Waals surface area (Å²) in [4.78, 5) is 11.6. The van der Waals surface area contributed by atoms with Gasteiger partial charge in [0, 0.05) is 18.3 Å². The Morgan fingerprint density at radius 2 is 2.35 bits per heavy atom. The van der Waals surface area contributed by atoms with Crippen LogP contribution < -0.4 is 15.4 Å². The van der Waals surface area contributed by atoms with E-state index in [-0.39, 0.29) is 17.3 Å². The number of aromatic nitrogens is 4. The van der Waals surface area contributed by atoms with Gasteiger partial charge >= 0.3 is 0 Å². The summed E-state index contributed by atoms with van der Waals surface area (Å²) < 4.78 is 5.21. The Labute approximate surface area is 132 Å². The van der Waals surface area contributed by atoms with Gasteiger partial charge in [0.2, 0.25) is 11.7 Å². The van der Waals surface area contributed by atoms with Gasteiger partial charge in [-0.25, -0.2) is 0 Å². The fourth-order valence-corrected chi connectivity index (χ4v) is 1.71. The lowest BCUT2D eigenvalue weighted by atomic mass is 10.2. The first kappa shape index (κ1) is 16.0. The van der Waals surface area contributed by atoms with Crippen LogP contribution in [0.2, 0.25) is 0 Å². The van der Waals surface area contributed by atoms with Gasteiger partial charge in [-0.1, -0.05) is 6.92 Å². The van der Waals surface area contributed by atoms with E-state index in [1.54, 1.807) is 25.1 Å². The van der Waals surface area contributed by atoms with Crippen LogP contribution in [0.3, 0.4) is 0 Å². The predicted octanol–water partition coefficient (Wildman–Crippen LogP) is 1.53. The van der Waals surface area contributed by atoms with Crippen LogP contribution in [-0.2, 0) is 4.79 Å². The first-order valence-electron chi connectivity index (χ1n) is 6.76. The molecule has 0 saturated carbocycles. The molecule has 0 fully saturated rings. The van der Waals surface area contributed by atoms with Crippen molar-refractivity contribution in [3.8, 4) is 11.8 Å². The van der Waals surface area contributed by atoms with Gasteiger partial charge in [-0.05, 0) is 23.4 Å². The molecule has 0 aliphatic rings. The minimum atomic E-state index is -0.125. The number of tetrazole rings is 1. The maximum absolute atomic E-state index is 11.6. The molecule has 0 aliphatic carbocycles. The zero-order chi connectivity index (χ0) is 16.7. The largest absolute Gasteiger partial charge is 0.495 e. The van der Waals surface area contributed by atoms with E-state index in [9.17, 15) is 4.79 Å². The van der Waals surface area contributed by atoms with Crippen LogP contribution in [0.4, 0.5) is 11.4 Å². The number of methoxy groups -OCH3 is 1. The molecule has 1 heterocycles. The van der Waals surface area contributed by atoms with Gasteiger partial charge in [0.25, 0.3) is 0 Å². The second-order valence-electron chi connectivity index (χ2n) is 4.37. The fourth-order valence-electron chi connectivity index (χ4n) is 1.71. The molecule has 0 unspecified atom stereocenters. The summed E-state index contributed by atoms with van der Waals surface area (Å²) in [6.45, 7) is 1.76. The summed E-state index contributed by atoms with van der Waals surface area (Å²) >= 11 is 0. The van der Waals surface area contributed by atoms with E-state index in [1.165, 1.54) is 13.3 Å². The van der Waals surface area contributed by atoms with Crippen molar-refractivity contribution >= 4 is 22.9 Å². The molecule has 0 atom stereocenters. The predicted molar refractivity (Wildman–Crippen MR) is 83.3 cm³/mol. The van der Waals surface area contributed by atoms with Crippen LogP contribution >= 0.6 is 0 Å². The van der Waals surface area contributed by atoms with E-state index in [2.05, 4.69) is 31.3 Å². The van der Waals surface area contributed by atoms with Crippen LogP contribution in [0.15, 0.2) is 24.4 Å². The molecule has 9 heteroatoms. The molecule has 0 aliphatic heterocycles. The van der Waals surface area contributed by atoms with E-state index in [0.29, 0.717) is 23.5 Å². The first-order valence-corrected chi connectivity index (χ1v) is 6.76. The van der Waals surface area contributed by atoms with Crippen molar-refractivity contribution in [1.82, 2.24) is 20.6 Å². The number of hydrogen-bond acceptors (Lipinski definition) is 7. The van der Waals surface area contributed by atoms with Gasteiger partial charge in [-0.15, -0.1) is 10.2 Å². The molecule has 1 aromatic carbocycles. The molecule has 9 nitrogen and oxygen atoms in total. The quantitative estimate of drug-likeness (QED) is 0.690. The molecule has 3 N–H and O–H groups in total. The SMILES string of the molecule is CCC(=O)Nc1cc(NC=C(C#N)c2nn[nH]n2)ccc1OC. The third kappa shape index (κ3) is 4.04. The van der Waals surface area contributed by atoms with E-state index in [0.717, 1.165) is 0 Å². The highest BCUT2D eigenvalue weighted by atomic mass is 16.5. The number of allylic oxidation sites excluding steroid dienone is 1. The van der Waals surface area contributed by atoms with E-state index in [1.807, 2.05) is 6.07 Å². The topological polar surface area (TPSA) is 129 Å². The van der Waals surface area contributed by atoms with Crippen molar-refractivity contribution < 1.29 is 9.53 Å². The number of rotatable bonds is 6. The molecule has 0 saturated heterocycles. The standard InChI is InChI=1S/C14H15N7O2/c1-3-13(22)17-11-6-10(4-5-12(11)23-2)16-8-9(7-15)14-18-20-21-19-14/h4-6,8,16H,3H2,1-2H3,(H,17,22)(H,18,19,20,21). The first-order chi connectivity index (χ1) is 11.2. The minimum absolute atomic E-state index is 0.125. The smallest absolute Gasteiger partial charge is 0.224 e. The maximum Gasteiger partial charge on any atom is 0.224 e. The van der Waals surface area contributed by atoms with Crippen LogP contribution in [0.25, 0.3) is 5.57 Å². The summed E-state index contributed by atoms with van der Waals surface area (Å²) in [5, 5.41) is 28.0. The molecule has 0 bridgehead atoms. The van der Waals surface area contributed by atoms with Crippen molar-refractivity contribution in [3.05, 3.63) is 30.2 Å². The maximum atomic E-state index is 11.6.